The third kappa shape index (κ3) is 2.42. The van der Waals surface area contributed by atoms with Gasteiger partial charge in [-0.3, -0.25) is 9.59 Å². The molecule has 0 saturated heterocycles. The second-order valence-corrected chi connectivity index (χ2v) is 7.30. The van der Waals surface area contributed by atoms with Crippen LogP contribution < -0.4 is 10.3 Å². The highest BCUT2D eigenvalue weighted by Crippen LogP contribution is 2.37. The highest BCUT2D eigenvalue weighted by Gasteiger charge is 2.27. The van der Waals surface area contributed by atoms with Crippen molar-refractivity contribution < 1.29 is 13.9 Å². The van der Waals surface area contributed by atoms with Crippen LogP contribution in [0, 0.1) is 6.92 Å². The molecule has 7 nitrogen and oxygen atoms in total. The predicted molar refractivity (Wildman–Crippen MR) is 105 cm³/mol. The number of hydrogen-bond donors (Lipinski definition) is 0. The van der Waals surface area contributed by atoms with Gasteiger partial charge in [-0.05, 0) is 31.2 Å². The molecule has 0 bridgehead atoms. The molecule has 0 radical (unpaired) electrons. The van der Waals surface area contributed by atoms with Crippen molar-refractivity contribution in [2.24, 2.45) is 0 Å². The molecule has 1 aromatic heterocycles. The molecule has 0 amide bonds. The first kappa shape index (κ1) is 16.6. The van der Waals surface area contributed by atoms with Gasteiger partial charge in [-0.15, -0.1) is 0 Å². The fourth-order valence-electron chi connectivity index (χ4n) is 3.26. The Bertz CT molecular complexity index is 1380. The van der Waals surface area contributed by atoms with Crippen LogP contribution in [0.25, 0.3) is 37.6 Å². The lowest BCUT2D eigenvalue weighted by atomic mass is 10.1. The van der Waals surface area contributed by atoms with E-state index < -0.39 is 5.97 Å². The fraction of sp³-hybridized carbons (Fsp3) is 0.100. The van der Waals surface area contributed by atoms with Gasteiger partial charge in [0.2, 0.25) is 5.13 Å². The van der Waals surface area contributed by atoms with Crippen molar-refractivity contribution in [2.75, 3.05) is 0 Å². The van der Waals surface area contributed by atoms with Crippen LogP contribution in [0.15, 0.2) is 51.7 Å². The third-order valence-electron chi connectivity index (χ3n) is 4.40. The van der Waals surface area contributed by atoms with Gasteiger partial charge in [0.1, 0.15) is 28.4 Å². The van der Waals surface area contributed by atoms with E-state index in [4.69, 9.17) is 9.15 Å². The summed E-state index contributed by atoms with van der Waals surface area (Å²) < 4.78 is 13.4. The number of carbonyl (C=O) groups is 1. The number of rotatable bonds is 2. The van der Waals surface area contributed by atoms with E-state index in [1.807, 2.05) is 24.3 Å². The summed E-state index contributed by atoms with van der Waals surface area (Å²) in [7, 11) is 0. The van der Waals surface area contributed by atoms with E-state index in [0.29, 0.717) is 38.9 Å². The van der Waals surface area contributed by atoms with Gasteiger partial charge >= 0.3 is 5.97 Å². The summed E-state index contributed by atoms with van der Waals surface area (Å²) in [6.45, 7) is 3.03. The number of hydrogen-bond acceptors (Lipinski definition) is 7. The fourth-order valence-corrected chi connectivity index (χ4v) is 4.18. The standard InChI is InChI=1S/C20H13N3O4S/c1-10-16-18(17-13(26-10)7-5-8-14(17)27-11(2)24)22-23(19(16)25)20-21-12-6-3-4-9-15(12)28-20/h3-9H,1-2H3. The van der Waals surface area contributed by atoms with Gasteiger partial charge < -0.3 is 9.15 Å². The van der Waals surface area contributed by atoms with Crippen molar-refractivity contribution >= 4 is 38.5 Å². The van der Waals surface area contributed by atoms with Crippen molar-refractivity contribution in [3.05, 3.63) is 58.6 Å². The Morgan fingerprint density at radius 3 is 2.79 bits per heavy atom. The Hall–Kier alpha value is -3.52. The summed E-state index contributed by atoms with van der Waals surface area (Å²) in [4.78, 5) is 29.1. The monoisotopic (exact) mass is 391 g/mol. The topological polar surface area (TPSA) is 87.2 Å². The van der Waals surface area contributed by atoms with Crippen molar-refractivity contribution in [1.82, 2.24) is 14.8 Å². The van der Waals surface area contributed by atoms with Gasteiger partial charge in [-0.1, -0.05) is 29.5 Å². The molecule has 8 heteroatoms. The van der Waals surface area contributed by atoms with Gasteiger partial charge in [0.05, 0.1) is 15.6 Å². The maximum atomic E-state index is 13.1. The Labute approximate surface area is 162 Å². The Kier molecular flexibility index (Phi) is 3.56. The molecule has 0 N–H and O–H groups in total. The molecular weight excluding hydrogens is 378 g/mol. The minimum atomic E-state index is -0.464. The van der Waals surface area contributed by atoms with E-state index in [9.17, 15) is 9.59 Å². The minimum absolute atomic E-state index is 0.299. The molecule has 2 aliphatic heterocycles. The zero-order chi connectivity index (χ0) is 19.4. The number of carbonyl (C=O) groups excluding carboxylic acids is 1. The normalized spacial score (nSPS) is 11.5. The number of aromatic nitrogens is 3. The molecule has 0 unspecified atom stereocenters. The van der Waals surface area contributed by atoms with E-state index >= 15 is 0 Å². The maximum absolute atomic E-state index is 13.1. The number of esters is 1. The quantitative estimate of drug-likeness (QED) is 0.335. The summed E-state index contributed by atoms with van der Waals surface area (Å²) in [5, 5.41) is 5.49. The van der Waals surface area contributed by atoms with Crippen molar-refractivity contribution in [2.45, 2.75) is 13.8 Å². The minimum Gasteiger partial charge on any atom is -0.460 e. The average Bonchev–Trinajstić information content (AvgIpc) is 3.22. The highest BCUT2D eigenvalue weighted by molar-refractivity contribution is 7.20. The average molecular weight is 391 g/mol. The van der Waals surface area contributed by atoms with E-state index in [2.05, 4.69) is 10.1 Å². The molecule has 0 saturated carbocycles. The molecule has 2 aromatic carbocycles. The first-order valence-electron chi connectivity index (χ1n) is 8.52. The summed E-state index contributed by atoms with van der Waals surface area (Å²) in [6.07, 6.45) is 0. The largest absolute Gasteiger partial charge is 0.460 e. The van der Waals surface area contributed by atoms with Gasteiger partial charge in [0, 0.05) is 6.92 Å². The number of ether oxygens (including phenoxy) is 1. The SMILES string of the molecule is CC(=O)Oc1cccc2oc(C)c3c(=O)n(-c4nc5ccccc5s4)nc-3c12. The van der Waals surface area contributed by atoms with Crippen LogP contribution in [0.5, 0.6) is 5.75 Å². The van der Waals surface area contributed by atoms with E-state index in [0.717, 1.165) is 10.2 Å². The van der Waals surface area contributed by atoms with Crippen LogP contribution in [-0.2, 0) is 4.79 Å². The number of aryl methyl sites for hydroxylation is 1. The van der Waals surface area contributed by atoms with Crippen molar-refractivity contribution in [1.29, 1.82) is 0 Å². The molecule has 0 fully saturated rings. The molecule has 3 heterocycles. The predicted octanol–water partition coefficient (Wildman–Crippen LogP) is 3.93. The lowest BCUT2D eigenvalue weighted by Gasteiger charge is -2.09. The van der Waals surface area contributed by atoms with Crippen molar-refractivity contribution in [3.8, 4) is 22.1 Å². The zero-order valence-corrected chi connectivity index (χ0v) is 15.7. The Morgan fingerprint density at radius 2 is 2.00 bits per heavy atom. The smallest absolute Gasteiger partial charge is 0.308 e. The van der Waals surface area contributed by atoms with Crippen LogP contribution in [0.3, 0.4) is 0 Å². The number of benzene rings is 2. The van der Waals surface area contributed by atoms with E-state index in [-0.39, 0.29) is 5.56 Å². The second kappa shape index (κ2) is 6.00. The first-order valence-corrected chi connectivity index (χ1v) is 9.34. The van der Waals surface area contributed by atoms with Crippen LogP contribution in [0.4, 0.5) is 0 Å². The first-order chi connectivity index (χ1) is 13.5. The zero-order valence-electron chi connectivity index (χ0n) is 14.9. The van der Waals surface area contributed by atoms with Crippen LogP contribution in [-0.4, -0.2) is 20.7 Å². The third-order valence-corrected chi connectivity index (χ3v) is 5.41. The molecular formula is C20H13N3O4S. The van der Waals surface area contributed by atoms with Crippen LogP contribution in [0.1, 0.15) is 12.7 Å². The van der Waals surface area contributed by atoms with Crippen LogP contribution in [0.2, 0.25) is 0 Å². The van der Waals surface area contributed by atoms with Gasteiger partial charge in [0.15, 0.2) is 0 Å². The maximum Gasteiger partial charge on any atom is 0.308 e. The number of thiazole rings is 1. The summed E-state index contributed by atoms with van der Waals surface area (Å²) in [5.41, 5.74) is 1.71. The molecule has 28 heavy (non-hydrogen) atoms. The summed E-state index contributed by atoms with van der Waals surface area (Å²) in [5.74, 6) is 0.279. The van der Waals surface area contributed by atoms with E-state index in [1.165, 1.54) is 22.9 Å². The molecule has 0 atom stereocenters. The second-order valence-electron chi connectivity index (χ2n) is 6.29. The molecule has 2 aliphatic rings. The summed E-state index contributed by atoms with van der Waals surface area (Å²) >= 11 is 1.38. The van der Waals surface area contributed by atoms with Crippen molar-refractivity contribution in [3.63, 3.8) is 0 Å². The molecule has 0 aliphatic carbocycles. The van der Waals surface area contributed by atoms with Gasteiger partial charge in [-0.2, -0.15) is 9.78 Å². The van der Waals surface area contributed by atoms with Crippen LogP contribution >= 0.6 is 11.3 Å². The molecule has 138 valence electrons. The molecule has 0 spiro atoms. The molecule has 3 aromatic rings. The Morgan fingerprint density at radius 1 is 1.18 bits per heavy atom. The Balaban J connectivity index is 1.85. The van der Waals surface area contributed by atoms with Gasteiger partial charge in [-0.25, -0.2) is 4.98 Å². The lowest BCUT2D eigenvalue weighted by molar-refractivity contribution is -0.131. The number of fused-ring (bicyclic) bond motifs is 4. The number of nitrogens with zero attached hydrogens (tertiary/aromatic N) is 3. The number of para-hydroxylation sites is 1. The summed E-state index contributed by atoms with van der Waals surface area (Å²) in [6, 6.07) is 12.8. The van der Waals surface area contributed by atoms with Gasteiger partial charge in [0.25, 0.3) is 5.56 Å². The van der Waals surface area contributed by atoms with E-state index in [1.54, 1.807) is 25.1 Å². The highest BCUT2D eigenvalue weighted by atomic mass is 32.1. The lowest BCUT2D eigenvalue weighted by Crippen LogP contribution is -2.14. The molecule has 5 rings (SSSR count).